The minimum absolute atomic E-state index is 0.125. The summed E-state index contributed by atoms with van der Waals surface area (Å²) in [5.74, 6) is -0.712. The zero-order valence-corrected chi connectivity index (χ0v) is 18.5. The van der Waals surface area contributed by atoms with E-state index in [2.05, 4.69) is 15.6 Å². The molecule has 2 rings (SSSR count). The van der Waals surface area contributed by atoms with Gasteiger partial charge in [-0.2, -0.15) is 0 Å². The summed E-state index contributed by atoms with van der Waals surface area (Å²) in [6.07, 6.45) is -0.565. The van der Waals surface area contributed by atoms with E-state index in [1.54, 1.807) is 38.1 Å². The highest BCUT2D eigenvalue weighted by molar-refractivity contribution is 6.07. The molecule has 0 atom stereocenters. The van der Waals surface area contributed by atoms with Crippen LogP contribution in [0.1, 0.15) is 46.0 Å². The van der Waals surface area contributed by atoms with Gasteiger partial charge in [-0.3, -0.25) is 10.1 Å². The lowest BCUT2D eigenvalue weighted by atomic mass is 10.1. The van der Waals surface area contributed by atoms with Crippen LogP contribution in [-0.4, -0.2) is 49.9 Å². The van der Waals surface area contributed by atoms with Gasteiger partial charge in [0.2, 0.25) is 0 Å². The summed E-state index contributed by atoms with van der Waals surface area (Å²) in [4.78, 5) is 39.9. The van der Waals surface area contributed by atoms with Crippen molar-refractivity contribution in [2.75, 3.05) is 37.6 Å². The van der Waals surface area contributed by atoms with E-state index in [1.165, 1.54) is 7.11 Å². The summed E-state index contributed by atoms with van der Waals surface area (Å²) in [6, 6.07) is 6.68. The normalized spacial score (nSPS) is 10.6. The molecule has 1 heterocycles. The van der Waals surface area contributed by atoms with Crippen LogP contribution in [-0.2, 0) is 14.2 Å². The van der Waals surface area contributed by atoms with E-state index in [4.69, 9.17) is 14.2 Å². The molecule has 0 spiro atoms. The minimum atomic E-state index is -0.565. The molecule has 0 fully saturated rings. The Labute approximate surface area is 181 Å². The second-order valence-corrected chi connectivity index (χ2v) is 7.41. The fraction of sp³-hybridized carbons (Fsp3) is 0.409. The van der Waals surface area contributed by atoms with Gasteiger partial charge in [0, 0.05) is 24.2 Å². The van der Waals surface area contributed by atoms with E-state index < -0.39 is 18.0 Å². The summed E-state index contributed by atoms with van der Waals surface area (Å²) in [7, 11) is 1.52. The van der Waals surface area contributed by atoms with Crippen LogP contribution in [0.2, 0.25) is 0 Å². The van der Waals surface area contributed by atoms with E-state index in [1.807, 2.05) is 13.8 Å². The zero-order chi connectivity index (χ0) is 23.0. The van der Waals surface area contributed by atoms with Gasteiger partial charge in [-0.05, 0) is 43.5 Å². The summed E-state index contributed by atoms with van der Waals surface area (Å²) in [6.45, 7) is 7.98. The van der Waals surface area contributed by atoms with Crippen molar-refractivity contribution in [2.24, 2.45) is 5.92 Å². The highest BCUT2D eigenvalue weighted by Gasteiger charge is 2.23. The van der Waals surface area contributed by atoms with Crippen LogP contribution in [0.4, 0.5) is 16.2 Å². The number of aromatic amines is 1. The van der Waals surface area contributed by atoms with Crippen molar-refractivity contribution in [1.29, 1.82) is 0 Å². The van der Waals surface area contributed by atoms with Gasteiger partial charge in [0.1, 0.15) is 12.3 Å². The fourth-order valence-corrected chi connectivity index (χ4v) is 2.84. The van der Waals surface area contributed by atoms with Gasteiger partial charge in [-0.15, -0.1) is 0 Å². The average Bonchev–Trinajstić information content (AvgIpc) is 3.01. The van der Waals surface area contributed by atoms with Crippen molar-refractivity contribution < 1.29 is 28.6 Å². The Morgan fingerprint density at radius 1 is 1.03 bits per heavy atom. The number of H-pyrrole nitrogens is 1. The van der Waals surface area contributed by atoms with Crippen LogP contribution in [0, 0.1) is 19.8 Å². The molecule has 168 valence electrons. The molecule has 31 heavy (non-hydrogen) atoms. The number of aryl methyl sites for hydroxylation is 1. The van der Waals surface area contributed by atoms with Crippen LogP contribution in [0.5, 0.6) is 0 Å². The number of aromatic nitrogens is 1. The largest absolute Gasteiger partial charge is 0.460 e. The maximum Gasteiger partial charge on any atom is 0.411 e. The van der Waals surface area contributed by atoms with E-state index in [9.17, 15) is 14.4 Å². The predicted molar refractivity (Wildman–Crippen MR) is 117 cm³/mol. The lowest BCUT2D eigenvalue weighted by Crippen LogP contribution is -2.17. The second-order valence-electron chi connectivity index (χ2n) is 7.41. The highest BCUT2D eigenvalue weighted by atomic mass is 16.6. The summed E-state index contributed by atoms with van der Waals surface area (Å²) in [5.41, 5.74) is 2.56. The number of methoxy groups -OCH3 is 1. The smallest absolute Gasteiger partial charge is 0.411 e. The monoisotopic (exact) mass is 431 g/mol. The van der Waals surface area contributed by atoms with Crippen molar-refractivity contribution >= 4 is 29.3 Å². The molecule has 1 aromatic carbocycles. The van der Waals surface area contributed by atoms with Gasteiger partial charge in [-0.1, -0.05) is 19.9 Å². The second kappa shape index (κ2) is 11.2. The number of carbonyl (C=O) groups excluding carboxylic acids is 3. The number of amides is 2. The van der Waals surface area contributed by atoms with Crippen molar-refractivity contribution in [3.8, 4) is 0 Å². The Bertz CT molecular complexity index is 935. The number of hydrogen-bond acceptors (Lipinski definition) is 6. The van der Waals surface area contributed by atoms with Crippen LogP contribution in [0.25, 0.3) is 0 Å². The Balaban J connectivity index is 2.08. The average molecular weight is 431 g/mol. The molecule has 3 N–H and O–H groups in total. The van der Waals surface area contributed by atoms with Crippen LogP contribution in [0.3, 0.4) is 0 Å². The third-order valence-corrected chi connectivity index (χ3v) is 4.30. The number of ether oxygens (including phenoxy) is 3. The van der Waals surface area contributed by atoms with Gasteiger partial charge < -0.3 is 24.5 Å². The maximum atomic E-state index is 12.8. The van der Waals surface area contributed by atoms with Gasteiger partial charge in [-0.25, -0.2) is 9.59 Å². The number of carbonyl (C=O) groups is 3. The van der Waals surface area contributed by atoms with Gasteiger partial charge in [0.15, 0.2) is 0 Å². The summed E-state index contributed by atoms with van der Waals surface area (Å²) in [5, 5.41) is 5.38. The zero-order valence-electron chi connectivity index (χ0n) is 18.5. The third-order valence-electron chi connectivity index (χ3n) is 4.30. The molecule has 2 aromatic rings. The van der Waals surface area contributed by atoms with E-state index in [-0.39, 0.29) is 24.8 Å². The Kier molecular flexibility index (Phi) is 8.63. The maximum absolute atomic E-state index is 12.8. The Morgan fingerprint density at radius 2 is 1.71 bits per heavy atom. The van der Waals surface area contributed by atoms with Gasteiger partial charge in [0.05, 0.1) is 18.8 Å². The fourth-order valence-electron chi connectivity index (χ4n) is 2.84. The van der Waals surface area contributed by atoms with E-state index in [0.29, 0.717) is 34.8 Å². The number of anilines is 2. The van der Waals surface area contributed by atoms with Crippen LogP contribution < -0.4 is 10.6 Å². The number of esters is 1. The number of rotatable bonds is 9. The van der Waals surface area contributed by atoms with Crippen LogP contribution >= 0.6 is 0 Å². The van der Waals surface area contributed by atoms with Gasteiger partial charge in [0.25, 0.3) is 5.91 Å². The number of nitrogens with one attached hydrogen (secondary N) is 3. The topological polar surface area (TPSA) is 119 Å². The van der Waals surface area contributed by atoms with Crippen molar-refractivity contribution in [3.63, 3.8) is 0 Å². The number of hydrogen-bond donors (Lipinski definition) is 3. The third kappa shape index (κ3) is 6.85. The minimum Gasteiger partial charge on any atom is -0.460 e. The molecule has 0 saturated carbocycles. The number of benzene rings is 1. The molecule has 2 amide bonds. The Hall–Kier alpha value is -3.33. The van der Waals surface area contributed by atoms with Gasteiger partial charge >= 0.3 is 12.1 Å². The first-order chi connectivity index (χ1) is 14.7. The van der Waals surface area contributed by atoms with E-state index >= 15 is 0 Å². The molecule has 0 aliphatic rings. The molecule has 0 bridgehead atoms. The van der Waals surface area contributed by atoms with Crippen LogP contribution in [0.15, 0.2) is 24.3 Å². The van der Waals surface area contributed by atoms with E-state index in [0.717, 1.165) is 0 Å². The van der Waals surface area contributed by atoms with Crippen molar-refractivity contribution in [2.45, 2.75) is 27.7 Å². The lowest BCUT2D eigenvalue weighted by Gasteiger charge is -2.10. The molecule has 0 radical (unpaired) electrons. The molecule has 9 heteroatoms. The first kappa shape index (κ1) is 23.9. The molecule has 0 aliphatic carbocycles. The molecule has 1 aromatic heterocycles. The molecular weight excluding hydrogens is 402 g/mol. The lowest BCUT2D eigenvalue weighted by molar-refractivity contribution is 0.0386. The van der Waals surface area contributed by atoms with Crippen molar-refractivity contribution in [3.05, 3.63) is 46.8 Å². The summed E-state index contributed by atoms with van der Waals surface area (Å²) >= 11 is 0. The van der Waals surface area contributed by atoms with Crippen molar-refractivity contribution in [1.82, 2.24) is 4.98 Å². The SMILES string of the molecule is COCCOC(=O)c1c(C)[nH]c(C(=O)Nc2cccc(NC(=O)OCC(C)C)c2)c1C. The quantitative estimate of drug-likeness (QED) is 0.409. The predicted octanol–water partition coefficient (Wildman–Crippen LogP) is 3.89. The Morgan fingerprint density at radius 3 is 2.35 bits per heavy atom. The summed E-state index contributed by atoms with van der Waals surface area (Å²) < 4.78 is 15.1. The molecule has 0 aliphatic heterocycles. The molecule has 0 unspecified atom stereocenters. The standard InChI is InChI=1S/C22H29N3O6/c1-13(2)12-31-22(28)25-17-8-6-7-16(11-17)24-20(26)19-14(3)18(15(4)23-19)21(27)30-10-9-29-5/h6-8,11,13,23H,9-10,12H2,1-5H3,(H,24,26)(H,25,28). The molecule has 9 nitrogen and oxygen atoms in total. The molecule has 0 saturated heterocycles. The first-order valence-corrected chi connectivity index (χ1v) is 9.93. The molecular formula is C22H29N3O6. The highest BCUT2D eigenvalue weighted by Crippen LogP contribution is 2.21. The first-order valence-electron chi connectivity index (χ1n) is 9.93.